The molecular formula is C16H28F3N3O. The summed E-state index contributed by atoms with van der Waals surface area (Å²) in [5.74, 6) is 0.0450. The topological polar surface area (TPSA) is 26.8 Å². The predicted molar refractivity (Wildman–Crippen MR) is 83.3 cm³/mol. The van der Waals surface area contributed by atoms with Gasteiger partial charge in [0, 0.05) is 39.3 Å². The molecule has 23 heavy (non-hydrogen) atoms. The Bertz CT molecular complexity index is 397. The van der Waals surface area contributed by atoms with E-state index in [1.54, 1.807) is 4.90 Å². The van der Waals surface area contributed by atoms with Gasteiger partial charge >= 0.3 is 12.2 Å². The lowest BCUT2D eigenvalue weighted by Gasteiger charge is -2.35. The Kier molecular flexibility index (Phi) is 6.17. The second-order valence-electron chi connectivity index (χ2n) is 7.09. The fourth-order valence-corrected chi connectivity index (χ4v) is 3.74. The Morgan fingerprint density at radius 2 is 1.78 bits per heavy atom. The normalized spacial score (nSPS) is 25.3. The molecule has 0 spiro atoms. The Hall–Kier alpha value is -0.980. The van der Waals surface area contributed by atoms with Crippen LogP contribution in [0.25, 0.3) is 0 Å². The largest absolute Gasteiger partial charge is 0.401 e. The molecule has 1 heterocycles. The number of rotatable bonds is 2. The highest BCUT2D eigenvalue weighted by Crippen LogP contribution is 2.24. The van der Waals surface area contributed by atoms with Crippen molar-refractivity contribution in [1.29, 1.82) is 0 Å². The third kappa shape index (κ3) is 5.55. The van der Waals surface area contributed by atoms with Crippen LogP contribution < -0.4 is 0 Å². The summed E-state index contributed by atoms with van der Waals surface area (Å²) in [6, 6.07) is 0.249. The van der Waals surface area contributed by atoms with Crippen molar-refractivity contribution >= 4 is 6.03 Å². The number of carbonyl (C=O) groups is 1. The zero-order valence-electron chi connectivity index (χ0n) is 14.1. The number of carbonyl (C=O) groups excluding carboxylic acids is 1. The monoisotopic (exact) mass is 335 g/mol. The molecule has 7 heteroatoms. The van der Waals surface area contributed by atoms with Crippen molar-refractivity contribution in [2.75, 3.05) is 39.8 Å². The summed E-state index contributed by atoms with van der Waals surface area (Å²) in [5, 5.41) is 0. The lowest BCUT2D eigenvalue weighted by Crippen LogP contribution is -2.48. The fourth-order valence-electron chi connectivity index (χ4n) is 3.74. The maximum absolute atomic E-state index is 12.7. The van der Waals surface area contributed by atoms with Gasteiger partial charge in [-0.1, -0.05) is 26.2 Å². The molecule has 1 aliphatic heterocycles. The number of urea groups is 1. The maximum Gasteiger partial charge on any atom is 0.401 e. The van der Waals surface area contributed by atoms with Gasteiger partial charge in [0.2, 0.25) is 0 Å². The minimum Gasteiger partial charge on any atom is -0.325 e. The lowest BCUT2D eigenvalue weighted by atomic mass is 9.95. The molecular weight excluding hydrogens is 307 g/mol. The van der Waals surface area contributed by atoms with Crippen molar-refractivity contribution in [3.63, 3.8) is 0 Å². The Morgan fingerprint density at radius 3 is 2.39 bits per heavy atom. The van der Waals surface area contributed by atoms with Gasteiger partial charge in [0.05, 0.1) is 6.54 Å². The van der Waals surface area contributed by atoms with Crippen molar-refractivity contribution in [2.45, 2.75) is 51.2 Å². The van der Waals surface area contributed by atoms with Crippen molar-refractivity contribution in [1.82, 2.24) is 14.7 Å². The first-order chi connectivity index (χ1) is 10.8. The molecule has 1 saturated heterocycles. The van der Waals surface area contributed by atoms with E-state index in [0.29, 0.717) is 19.6 Å². The van der Waals surface area contributed by atoms with Crippen LogP contribution >= 0.6 is 0 Å². The van der Waals surface area contributed by atoms with Crippen LogP contribution in [0.1, 0.15) is 39.0 Å². The number of hydrogen-bond acceptors (Lipinski definition) is 2. The summed E-state index contributed by atoms with van der Waals surface area (Å²) < 4.78 is 37.8. The van der Waals surface area contributed by atoms with Gasteiger partial charge in [-0.05, 0) is 18.8 Å². The van der Waals surface area contributed by atoms with Gasteiger partial charge in [-0.2, -0.15) is 13.2 Å². The Balaban J connectivity index is 1.93. The highest BCUT2D eigenvalue weighted by atomic mass is 19.4. The van der Waals surface area contributed by atoms with Gasteiger partial charge in [-0.3, -0.25) is 4.90 Å². The van der Waals surface area contributed by atoms with Gasteiger partial charge in [0.1, 0.15) is 0 Å². The van der Waals surface area contributed by atoms with E-state index in [-0.39, 0.29) is 24.5 Å². The molecule has 0 aromatic heterocycles. The van der Waals surface area contributed by atoms with Crippen LogP contribution in [0.2, 0.25) is 0 Å². The van der Waals surface area contributed by atoms with Crippen molar-refractivity contribution in [3.05, 3.63) is 0 Å². The van der Waals surface area contributed by atoms with Crippen LogP contribution in [0.3, 0.4) is 0 Å². The van der Waals surface area contributed by atoms with E-state index in [1.807, 2.05) is 18.9 Å². The van der Waals surface area contributed by atoms with Gasteiger partial charge in [-0.15, -0.1) is 0 Å². The van der Waals surface area contributed by atoms with E-state index in [0.717, 1.165) is 25.7 Å². The van der Waals surface area contributed by atoms with Gasteiger partial charge in [0.25, 0.3) is 0 Å². The highest BCUT2D eigenvalue weighted by Gasteiger charge is 2.34. The maximum atomic E-state index is 12.7. The first-order valence-corrected chi connectivity index (χ1v) is 8.57. The van der Waals surface area contributed by atoms with Gasteiger partial charge in [0.15, 0.2) is 0 Å². The van der Waals surface area contributed by atoms with Gasteiger partial charge < -0.3 is 9.80 Å². The number of nitrogens with zero attached hydrogens (tertiary/aromatic N) is 3. The van der Waals surface area contributed by atoms with Crippen molar-refractivity contribution in [3.8, 4) is 0 Å². The highest BCUT2D eigenvalue weighted by molar-refractivity contribution is 5.74. The molecule has 0 aromatic carbocycles. The summed E-state index contributed by atoms with van der Waals surface area (Å²) in [6.45, 7) is 2.60. The molecule has 1 atom stereocenters. The summed E-state index contributed by atoms with van der Waals surface area (Å²) in [5.41, 5.74) is 0. The molecule has 0 bridgehead atoms. The van der Waals surface area contributed by atoms with E-state index >= 15 is 0 Å². The number of alkyl halides is 3. The number of halogens is 3. The third-order valence-electron chi connectivity index (χ3n) is 4.89. The number of amides is 2. The van der Waals surface area contributed by atoms with Crippen LogP contribution in [0, 0.1) is 5.92 Å². The van der Waals surface area contributed by atoms with E-state index in [1.165, 1.54) is 11.3 Å². The lowest BCUT2D eigenvalue weighted by molar-refractivity contribution is -0.146. The van der Waals surface area contributed by atoms with Crippen molar-refractivity contribution < 1.29 is 18.0 Å². The summed E-state index contributed by atoms with van der Waals surface area (Å²) in [4.78, 5) is 17.7. The van der Waals surface area contributed by atoms with E-state index in [9.17, 15) is 18.0 Å². The van der Waals surface area contributed by atoms with E-state index in [4.69, 9.17) is 0 Å². The Morgan fingerprint density at radius 1 is 1.13 bits per heavy atom. The number of hydrogen-bond donors (Lipinski definition) is 0. The van der Waals surface area contributed by atoms with Gasteiger partial charge in [-0.25, -0.2) is 4.79 Å². The molecule has 4 nitrogen and oxygen atoms in total. The fraction of sp³-hybridized carbons (Fsp3) is 0.938. The molecule has 1 saturated carbocycles. The molecule has 0 N–H and O–H groups in total. The van der Waals surface area contributed by atoms with Crippen molar-refractivity contribution in [2.24, 2.45) is 5.92 Å². The third-order valence-corrected chi connectivity index (χ3v) is 4.89. The molecule has 1 aliphatic carbocycles. The average molecular weight is 335 g/mol. The summed E-state index contributed by atoms with van der Waals surface area (Å²) in [6.07, 6.45) is 1.41. The van der Waals surface area contributed by atoms with Crippen LogP contribution in [-0.2, 0) is 0 Å². The minimum atomic E-state index is -4.18. The molecule has 0 aromatic rings. The minimum absolute atomic E-state index is 0.0300. The molecule has 1 unspecified atom stereocenters. The first kappa shape index (κ1) is 18.4. The summed E-state index contributed by atoms with van der Waals surface area (Å²) in [7, 11) is 1.83. The van der Waals surface area contributed by atoms with E-state index < -0.39 is 12.7 Å². The van der Waals surface area contributed by atoms with Crippen LogP contribution in [-0.4, -0.2) is 72.7 Å². The second kappa shape index (κ2) is 7.73. The first-order valence-electron chi connectivity index (χ1n) is 8.57. The molecule has 134 valence electrons. The zero-order valence-corrected chi connectivity index (χ0v) is 14.1. The van der Waals surface area contributed by atoms with Crippen LogP contribution in [0.4, 0.5) is 18.0 Å². The molecule has 2 fully saturated rings. The molecule has 0 radical (unpaired) electrons. The quantitative estimate of drug-likeness (QED) is 0.775. The smallest absolute Gasteiger partial charge is 0.325 e. The zero-order chi connectivity index (χ0) is 17.0. The predicted octanol–water partition coefficient (Wildman–Crippen LogP) is 3.19. The van der Waals surface area contributed by atoms with Crippen LogP contribution in [0.5, 0.6) is 0 Å². The second-order valence-corrected chi connectivity index (χ2v) is 7.09. The van der Waals surface area contributed by atoms with E-state index in [2.05, 4.69) is 0 Å². The average Bonchev–Trinajstić information content (AvgIpc) is 2.66. The molecule has 2 rings (SSSR count). The Labute approximate surface area is 136 Å². The standard InChI is InChI=1S/C16H28F3N3O/c1-13-10-21(12-16(17,18)19)8-9-22(11-13)15(23)20(2)14-6-4-3-5-7-14/h13-14H,3-12H2,1-2H3. The SMILES string of the molecule is CC1CN(CC(F)(F)F)CCN(C(=O)N(C)C2CCCCC2)C1. The molecule has 2 amide bonds. The molecule has 2 aliphatic rings. The summed E-state index contributed by atoms with van der Waals surface area (Å²) >= 11 is 0. The van der Waals surface area contributed by atoms with Crippen LogP contribution in [0.15, 0.2) is 0 Å².